The molecule has 1 N–H and O–H groups in total. The Kier molecular flexibility index (Phi) is 5.80. The number of ketones is 1. The van der Waals surface area contributed by atoms with Crippen LogP contribution < -0.4 is 4.74 Å². The summed E-state index contributed by atoms with van der Waals surface area (Å²) in [5.41, 5.74) is 2.06. The van der Waals surface area contributed by atoms with Gasteiger partial charge in [-0.05, 0) is 36.2 Å². The molecule has 4 rings (SSSR count). The van der Waals surface area contributed by atoms with E-state index in [1.807, 2.05) is 31.2 Å². The third kappa shape index (κ3) is 4.05. The first kappa shape index (κ1) is 20.3. The standard InChI is InChI=1S/C25H22N2O4/c1-2-31-20-12-10-18(11-13-20)22-21(23(28)19-8-4-3-5-9-19)24(29)25(30)27(22)16-17-7-6-14-26-15-17/h3-15,22,28H,2,16H2,1H3/b23-21-. The second kappa shape index (κ2) is 8.83. The second-order valence-corrected chi connectivity index (χ2v) is 7.16. The highest BCUT2D eigenvalue weighted by Crippen LogP contribution is 2.40. The number of ether oxygens (including phenoxy) is 1. The summed E-state index contributed by atoms with van der Waals surface area (Å²) in [6, 6.07) is 18.9. The SMILES string of the molecule is CCOc1ccc(C2/C(=C(/O)c3ccccc3)C(=O)C(=O)N2Cc2cccnc2)cc1. The van der Waals surface area contributed by atoms with Gasteiger partial charge in [-0.1, -0.05) is 48.5 Å². The van der Waals surface area contributed by atoms with E-state index in [1.54, 1.807) is 54.9 Å². The normalized spacial score (nSPS) is 17.7. The summed E-state index contributed by atoms with van der Waals surface area (Å²) in [6.07, 6.45) is 3.31. The van der Waals surface area contributed by atoms with Gasteiger partial charge in [0.05, 0.1) is 18.2 Å². The van der Waals surface area contributed by atoms with Gasteiger partial charge in [-0.2, -0.15) is 0 Å². The summed E-state index contributed by atoms with van der Waals surface area (Å²) in [5, 5.41) is 11.0. The van der Waals surface area contributed by atoms with Crippen molar-refractivity contribution in [1.82, 2.24) is 9.88 Å². The zero-order valence-electron chi connectivity index (χ0n) is 17.1. The Hall–Kier alpha value is -3.93. The summed E-state index contributed by atoms with van der Waals surface area (Å²) in [7, 11) is 0. The lowest BCUT2D eigenvalue weighted by Gasteiger charge is -2.25. The monoisotopic (exact) mass is 414 g/mol. The van der Waals surface area contributed by atoms with E-state index >= 15 is 0 Å². The first-order valence-electron chi connectivity index (χ1n) is 10.1. The van der Waals surface area contributed by atoms with Crippen LogP contribution in [-0.4, -0.2) is 33.3 Å². The van der Waals surface area contributed by atoms with Crippen LogP contribution in [0.25, 0.3) is 5.76 Å². The molecule has 2 aromatic carbocycles. The van der Waals surface area contributed by atoms with Gasteiger partial charge < -0.3 is 14.7 Å². The van der Waals surface area contributed by atoms with Crippen molar-refractivity contribution in [1.29, 1.82) is 0 Å². The largest absolute Gasteiger partial charge is 0.507 e. The molecule has 1 aromatic heterocycles. The minimum absolute atomic E-state index is 0.0734. The first-order valence-corrected chi connectivity index (χ1v) is 10.1. The zero-order chi connectivity index (χ0) is 21.8. The van der Waals surface area contributed by atoms with Gasteiger partial charge >= 0.3 is 0 Å². The lowest BCUT2D eigenvalue weighted by molar-refractivity contribution is -0.140. The van der Waals surface area contributed by atoms with Crippen LogP contribution in [0.2, 0.25) is 0 Å². The zero-order valence-corrected chi connectivity index (χ0v) is 17.1. The third-order valence-electron chi connectivity index (χ3n) is 5.17. The van der Waals surface area contributed by atoms with Crippen molar-refractivity contribution in [3.63, 3.8) is 0 Å². The van der Waals surface area contributed by atoms with Crippen LogP contribution in [0.15, 0.2) is 84.7 Å². The van der Waals surface area contributed by atoms with Crippen molar-refractivity contribution in [3.05, 3.63) is 101 Å². The molecule has 1 unspecified atom stereocenters. The van der Waals surface area contributed by atoms with E-state index in [4.69, 9.17) is 4.74 Å². The molecule has 1 aliphatic rings. The number of aromatic nitrogens is 1. The molecule has 1 fully saturated rings. The molecule has 0 spiro atoms. The maximum Gasteiger partial charge on any atom is 0.295 e. The number of amides is 1. The number of benzene rings is 2. The van der Waals surface area contributed by atoms with E-state index in [-0.39, 0.29) is 17.9 Å². The number of Topliss-reactive ketones (excluding diaryl/α,β-unsaturated/α-hetero) is 1. The highest BCUT2D eigenvalue weighted by molar-refractivity contribution is 6.46. The topological polar surface area (TPSA) is 79.7 Å². The van der Waals surface area contributed by atoms with E-state index in [9.17, 15) is 14.7 Å². The van der Waals surface area contributed by atoms with Crippen LogP contribution in [-0.2, 0) is 16.1 Å². The molecule has 0 saturated carbocycles. The molecule has 3 aromatic rings. The molecular weight excluding hydrogens is 392 g/mol. The van der Waals surface area contributed by atoms with Crippen molar-refractivity contribution in [2.75, 3.05) is 6.61 Å². The molecule has 156 valence electrons. The predicted octanol–water partition coefficient (Wildman–Crippen LogP) is 4.10. The maximum atomic E-state index is 13.0. The molecule has 0 bridgehead atoms. The number of aliphatic hydroxyl groups is 1. The third-order valence-corrected chi connectivity index (χ3v) is 5.17. The molecule has 1 aliphatic heterocycles. The summed E-state index contributed by atoms with van der Waals surface area (Å²) >= 11 is 0. The van der Waals surface area contributed by atoms with Crippen LogP contribution in [0, 0.1) is 0 Å². The molecule has 0 radical (unpaired) electrons. The Labute approximate surface area is 180 Å². The number of aliphatic hydroxyl groups excluding tert-OH is 1. The van der Waals surface area contributed by atoms with E-state index in [0.717, 1.165) is 5.56 Å². The maximum absolute atomic E-state index is 13.0. The quantitative estimate of drug-likeness (QED) is 0.373. The molecule has 1 saturated heterocycles. The number of nitrogens with zero attached hydrogens (tertiary/aromatic N) is 2. The smallest absolute Gasteiger partial charge is 0.295 e. The Morgan fingerprint density at radius 3 is 2.42 bits per heavy atom. The number of carbonyl (C=O) groups excluding carboxylic acids is 2. The van der Waals surface area contributed by atoms with E-state index in [0.29, 0.717) is 23.5 Å². The fraction of sp³-hybridized carbons (Fsp3) is 0.160. The summed E-state index contributed by atoms with van der Waals surface area (Å²) in [4.78, 5) is 31.6. The van der Waals surface area contributed by atoms with Gasteiger partial charge in [-0.3, -0.25) is 14.6 Å². The number of rotatable bonds is 6. The van der Waals surface area contributed by atoms with Gasteiger partial charge in [-0.15, -0.1) is 0 Å². The fourth-order valence-electron chi connectivity index (χ4n) is 3.74. The van der Waals surface area contributed by atoms with Gasteiger partial charge in [0.1, 0.15) is 11.5 Å². The van der Waals surface area contributed by atoms with Crippen LogP contribution in [0.5, 0.6) is 5.75 Å². The Morgan fingerprint density at radius 1 is 1.03 bits per heavy atom. The Morgan fingerprint density at radius 2 is 1.77 bits per heavy atom. The highest BCUT2D eigenvalue weighted by atomic mass is 16.5. The molecule has 31 heavy (non-hydrogen) atoms. The fourth-order valence-corrected chi connectivity index (χ4v) is 3.74. The lowest BCUT2D eigenvalue weighted by Crippen LogP contribution is -2.29. The Balaban J connectivity index is 1.82. The van der Waals surface area contributed by atoms with Gasteiger partial charge in [0.15, 0.2) is 0 Å². The van der Waals surface area contributed by atoms with Crippen LogP contribution in [0.4, 0.5) is 0 Å². The van der Waals surface area contributed by atoms with Gasteiger partial charge in [-0.25, -0.2) is 0 Å². The van der Waals surface area contributed by atoms with Gasteiger partial charge in [0.2, 0.25) is 0 Å². The number of hydrogen-bond donors (Lipinski definition) is 1. The summed E-state index contributed by atoms with van der Waals surface area (Å²) in [5.74, 6) is -0.852. The van der Waals surface area contributed by atoms with Crippen molar-refractivity contribution in [2.24, 2.45) is 0 Å². The molecule has 1 atom stereocenters. The van der Waals surface area contributed by atoms with E-state index in [2.05, 4.69) is 4.98 Å². The lowest BCUT2D eigenvalue weighted by atomic mass is 9.95. The highest BCUT2D eigenvalue weighted by Gasteiger charge is 2.46. The van der Waals surface area contributed by atoms with E-state index < -0.39 is 17.7 Å². The molecule has 6 heteroatoms. The van der Waals surface area contributed by atoms with Crippen LogP contribution in [0.1, 0.15) is 29.7 Å². The molecule has 2 heterocycles. The van der Waals surface area contributed by atoms with Gasteiger partial charge in [0, 0.05) is 24.5 Å². The number of carbonyl (C=O) groups is 2. The van der Waals surface area contributed by atoms with Crippen LogP contribution >= 0.6 is 0 Å². The van der Waals surface area contributed by atoms with Crippen molar-refractivity contribution < 1.29 is 19.4 Å². The summed E-state index contributed by atoms with van der Waals surface area (Å²) in [6.45, 7) is 2.63. The molecule has 1 amide bonds. The average Bonchev–Trinajstić information content (AvgIpc) is 3.05. The minimum Gasteiger partial charge on any atom is -0.507 e. The van der Waals surface area contributed by atoms with E-state index in [1.165, 1.54) is 4.90 Å². The van der Waals surface area contributed by atoms with Crippen molar-refractivity contribution in [3.8, 4) is 5.75 Å². The van der Waals surface area contributed by atoms with Crippen molar-refractivity contribution in [2.45, 2.75) is 19.5 Å². The van der Waals surface area contributed by atoms with Gasteiger partial charge in [0.25, 0.3) is 11.7 Å². The van der Waals surface area contributed by atoms with Crippen molar-refractivity contribution >= 4 is 17.4 Å². The predicted molar refractivity (Wildman–Crippen MR) is 116 cm³/mol. The minimum atomic E-state index is -0.726. The average molecular weight is 414 g/mol. The number of likely N-dealkylation sites (tertiary alicyclic amines) is 1. The number of pyridine rings is 1. The summed E-state index contributed by atoms with van der Waals surface area (Å²) < 4.78 is 5.51. The second-order valence-electron chi connectivity index (χ2n) is 7.16. The molecule has 0 aliphatic carbocycles. The number of hydrogen-bond acceptors (Lipinski definition) is 5. The van der Waals surface area contributed by atoms with Crippen LogP contribution in [0.3, 0.4) is 0 Å². The molecule has 6 nitrogen and oxygen atoms in total. The first-order chi connectivity index (χ1) is 15.1. The molecular formula is C25H22N2O4. The Bertz CT molecular complexity index is 1110.